The van der Waals surface area contributed by atoms with Crippen molar-refractivity contribution in [3.63, 3.8) is 0 Å². The van der Waals surface area contributed by atoms with Crippen molar-refractivity contribution >= 4 is 35.4 Å². The predicted molar refractivity (Wildman–Crippen MR) is 225 cm³/mol. The Labute approximate surface area is 355 Å². The van der Waals surface area contributed by atoms with Crippen molar-refractivity contribution in [2.24, 2.45) is 11.1 Å². The number of carbonyl (C=O) groups excluding carboxylic acids is 4. The molecule has 2 heterocycles. The van der Waals surface area contributed by atoms with Gasteiger partial charge in [0.05, 0.1) is 70.3 Å². The van der Waals surface area contributed by atoms with Crippen LogP contribution < -0.4 is 11.1 Å². The Kier molecular flexibility index (Phi) is 20.3. The maximum Gasteiger partial charge on any atom is 0.253 e. The molecule has 4 amide bonds. The minimum absolute atomic E-state index is 0.0502. The van der Waals surface area contributed by atoms with E-state index in [-0.39, 0.29) is 66.8 Å². The van der Waals surface area contributed by atoms with Crippen LogP contribution in [0, 0.1) is 17.0 Å². The Balaban J connectivity index is 1.15. The van der Waals surface area contributed by atoms with Gasteiger partial charge in [-0.15, -0.1) is 11.8 Å². The molecule has 1 aliphatic rings. The number of imide groups is 1. The third kappa shape index (κ3) is 15.8. The van der Waals surface area contributed by atoms with E-state index >= 15 is 4.39 Å². The molecule has 0 unspecified atom stereocenters. The van der Waals surface area contributed by atoms with E-state index in [1.54, 1.807) is 6.20 Å². The molecule has 4 rings (SSSR count). The number of aromatic nitrogens is 2. The highest BCUT2D eigenvalue weighted by Gasteiger charge is 2.38. The number of nitrogens with two attached hydrogens (primary N) is 1. The van der Waals surface area contributed by atoms with Crippen molar-refractivity contribution in [3.05, 3.63) is 89.9 Å². The number of halogens is 2. The number of hydrogen-bond acceptors (Lipinski definition) is 11. The van der Waals surface area contributed by atoms with Gasteiger partial charge in [0.2, 0.25) is 11.8 Å². The maximum atomic E-state index is 15.0. The van der Waals surface area contributed by atoms with Gasteiger partial charge in [0.25, 0.3) is 11.8 Å². The number of nitrogens with one attached hydrogen (secondary N) is 1. The minimum Gasteiger partial charge on any atom is -0.379 e. The first kappa shape index (κ1) is 48.1. The van der Waals surface area contributed by atoms with Crippen LogP contribution in [0.4, 0.5) is 8.78 Å². The second kappa shape index (κ2) is 25.3. The summed E-state index contributed by atoms with van der Waals surface area (Å²) in [5, 5.41) is 2.65. The first-order valence-electron chi connectivity index (χ1n) is 20.1. The molecule has 2 aromatic carbocycles. The quantitative estimate of drug-likeness (QED) is 0.0787. The molecule has 328 valence electrons. The number of ether oxygens (including phenoxy) is 4. The topological polar surface area (TPSA) is 168 Å². The average Bonchev–Trinajstić information content (AvgIpc) is 3.77. The second-order valence-electron chi connectivity index (χ2n) is 15.0. The van der Waals surface area contributed by atoms with E-state index in [4.69, 9.17) is 29.7 Å². The predicted octanol–water partition coefficient (Wildman–Crippen LogP) is 4.37. The molecular weight excluding hydrogens is 799 g/mol. The highest BCUT2D eigenvalue weighted by atomic mass is 32.2. The lowest BCUT2D eigenvalue weighted by Crippen LogP contribution is -2.44. The van der Waals surface area contributed by atoms with Gasteiger partial charge in [-0.1, -0.05) is 51.1 Å². The molecule has 17 heteroatoms. The largest absolute Gasteiger partial charge is 0.379 e. The lowest BCUT2D eigenvalue weighted by atomic mass is 9.84. The van der Waals surface area contributed by atoms with Crippen molar-refractivity contribution in [3.8, 4) is 11.3 Å². The van der Waals surface area contributed by atoms with E-state index in [1.807, 2.05) is 60.6 Å². The van der Waals surface area contributed by atoms with E-state index < -0.39 is 23.1 Å². The van der Waals surface area contributed by atoms with Crippen molar-refractivity contribution in [2.75, 3.05) is 90.5 Å². The van der Waals surface area contributed by atoms with Crippen molar-refractivity contribution < 1.29 is 46.9 Å². The smallest absolute Gasteiger partial charge is 0.253 e. The van der Waals surface area contributed by atoms with Gasteiger partial charge in [-0.2, -0.15) is 0 Å². The standard InChI is InChI=1S/C43H58F2N6O8S/c1-43(2,3)41(42-48-36(34-28-33(44)10-11-35(34)45)30-49(42)29-32-8-5-4-6-9-32)51(17-7-15-46)40(55)31-60-27-26-59-25-24-58-23-22-57-21-20-56-19-14-37(52)47-16-18-50-38(53)12-13-39(50)54/h4-6,8-13,28,30,41H,7,14-27,29,31,46H2,1-3H3,(H,47,52)/t41-/m0/s1. The van der Waals surface area contributed by atoms with Crippen LogP contribution in [0.25, 0.3) is 11.3 Å². The Morgan fingerprint density at radius 1 is 0.900 bits per heavy atom. The molecule has 0 saturated heterocycles. The monoisotopic (exact) mass is 856 g/mol. The zero-order valence-electron chi connectivity index (χ0n) is 34.7. The molecule has 14 nitrogen and oxygen atoms in total. The third-order valence-electron chi connectivity index (χ3n) is 9.25. The summed E-state index contributed by atoms with van der Waals surface area (Å²) < 4.78 is 53.4. The van der Waals surface area contributed by atoms with Crippen molar-refractivity contribution in [2.45, 2.75) is 46.2 Å². The van der Waals surface area contributed by atoms with Crippen LogP contribution in [0.2, 0.25) is 0 Å². The highest BCUT2D eigenvalue weighted by Crippen LogP contribution is 2.40. The number of carbonyl (C=O) groups is 4. The molecule has 1 aliphatic heterocycles. The van der Waals surface area contributed by atoms with Gasteiger partial charge in [0, 0.05) is 62.3 Å². The molecule has 0 spiro atoms. The Bertz CT molecular complexity index is 1840. The van der Waals surface area contributed by atoms with E-state index in [9.17, 15) is 23.6 Å². The summed E-state index contributed by atoms with van der Waals surface area (Å²) in [4.78, 5) is 56.7. The molecule has 3 N–H and O–H groups in total. The van der Waals surface area contributed by atoms with Crippen LogP contribution in [0.5, 0.6) is 0 Å². The maximum absolute atomic E-state index is 15.0. The molecule has 0 aliphatic carbocycles. The molecule has 0 fully saturated rings. The van der Waals surface area contributed by atoms with Crippen LogP contribution in [0.1, 0.15) is 51.0 Å². The molecule has 60 heavy (non-hydrogen) atoms. The van der Waals surface area contributed by atoms with Crippen LogP contribution >= 0.6 is 11.8 Å². The molecule has 1 atom stereocenters. The lowest BCUT2D eigenvalue weighted by Gasteiger charge is -2.40. The number of thioether (sulfide) groups is 1. The van der Waals surface area contributed by atoms with E-state index in [0.29, 0.717) is 83.9 Å². The second-order valence-corrected chi connectivity index (χ2v) is 16.1. The number of benzene rings is 2. The van der Waals surface area contributed by atoms with Crippen LogP contribution in [-0.4, -0.2) is 134 Å². The number of amides is 4. The van der Waals surface area contributed by atoms with Gasteiger partial charge in [-0.25, -0.2) is 13.8 Å². The van der Waals surface area contributed by atoms with E-state index in [0.717, 1.165) is 28.7 Å². The zero-order chi connectivity index (χ0) is 43.3. The summed E-state index contributed by atoms with van der Waals surface area (Å²) in [5.41, 5.74) is 6.78. The summed E-state index contributed by atoms with van der Waals surface area (Å²) in [6.45, 7) is 10.4. The van der Waals surface area contributed by atoms with Gasteiger partial charge >= 0.3 is 0 Å². The normalized spacial score (nSPS) is 13.3. The number of rotatable bonds is 28. The number of imidazole rings is 1. The summed E-state index contributed by atoms with van der Waals surface area (Å²) in [6, 6.07) is 12.6. The van der Waals surface area contributed by atoms with Gasteiger partial charge in [0.1, 0.15) is 17.5 Å². The Morgan fingerprint density at radius 2 is 1.53 bits per heavy atom. The summed E-state index contributed by atoms with van der Waals surface area (Å²) in [7, 11) is 0. The van der Waals surface area contributed by atoms with Crippen LogP contribution in [-0.2, 0) is 44.7 Å². The van der Waals surface area contributed by atoms with E-state index in [1.165, 1.54) is 23.9 Å². The third-order valence-corrected chi connectivity index (χ3v) is 10.2. The molecule has 1 aromatic heterocycles. The molecular formula is C43H58F2N6O8S. The average molecular weight is 857 g/mol. The lowest BCUT2D eigenvalue weighted by molar-refractivity contribution is -0.137. The fourth-order valence-corrected chi connectivity index (χ4v) is 7.09. The highest BCUT2D eigenvalue weighted by molar-refractivity contribution is 7.99. The minimum atomic E-state index is -0.586. The van der Waals surface area contributed by atoms with Gasteiger partial charge in [-0.05, 0) is 42.1 Å². The van der Waals surface area contributed by atoms with Gasteiger partial charge in [-0.3, -0.25) is 24.1 Å². The van der Waals surface area contributed by atoms with Gasteiger partial charge in [0.15, 0.2) is 0 Å². The SMILES string of the molecule is CC(C)(C)[C@H](c1nc(-c2cc(F)ccc2F)cn1Cc1ccccc1)N(CCCN)C(=O)CSCCOCCOCCOCCOCCC(=O)NCCN1C(=O)C=CC1=O. The van der Waals surface area contributed by atoms with Crippen molar-refractivity contribution in [1.29, 1.82) is 0 Å². The van der Waals surface area contributed by atoms with Crippen LogP contribution in [0.3, 0.4) is 0 Å². The summed E-state index contributed by atoms with van der Waals surface area (Å²) >= 11 is 1.46. The molecule has 0 saturated carbocycles. The Morgan fingerprint density at radius 3 is 2.17 bits per heavy atom. The zero-order valence-corrected chi connectivity index (χ0v) is 35.6. The Hall–Kier alpha value is -4.52. The number of nitrogens with zero attached hydrogens (tertiary/aromatic N) is 4. The van der Waals surface area contributed by atoms with Crippen molar-refractivity contribution in [1.82, 2.24) is 24.7 Å². The fraction of sp³-hybridized carbons (Fsp3) is 0.512. The van der Waals surface area contributed by atoms with E-state index in [2.05, 4.69) is 5.32 Å². The summed E-state index contributed by atoms with van der Waals surface area (Å²) in [6.07, 6.45) is 4.86. The molecule has 0 bridgehead atoms. The number of hydrogen-bond donors (Lipinski definition) is 2. The van der Waals surface area contributed by atoms with Crippen LogP contribution in [0.15, 0.2) is 66.9 Å². The molecule has 3 aromatic rings. The fourth-order valence-electron chi connectivity index (χ4n) is 6.37. The first-order valence-corrected chi connectivity index (χ1v) is 21.3. The van der Waals surface area contributed by atoms with Gasteiger partial charge < -0.3 is 39.5 Å². The molecule has 0 radical (unpaired) electrons. The first-order chi connectivity index (χ1) is 28.9. The summed E-state index contributed by atoms with van der Waals surface area (Å²) in [5.74, 6) is -0.873.